The number of carbonyl (C=O) groups is 2. The molecule has 8 nitrogen and oxygen atoms in total. The normalized spacial score (nSPS) is 11.2. The van der Waals surface area contributed by atoms with Gasteiger partial charge in [-0.05, 0) is 29.0 Å². The Labute approximate surface area is 179 Å². The number of alkyl halides is 3. The molecule has 0 bridgehead atoms. The monoisotopic (exact) mass is 450 g/mol. The van der Waals surface area contributed by atoms with Gasteiger partial charge in [-0.2, -0.15) is 18.2 Å². The first kappa shape index (κ1) is 22.8. The standard InChI is InChI=1S/C21H17F3N2O6/c1-29-18(27)10-31-15-6-5-12-7-14(4-3-13(12)8-15)20-25-16(21(22,23)24)9-17(26-20)32-11-19(28)30-2/h3-9H,10-11H2,1-2H3. The van der Waals surface area contributed by atoms with Crippen LogP contribution in [0.3, 0.4) is 0 Å². The summed E-state index contributed by atoms with van der Waals surface area (Å²) in [7, 11) is 2.37. The smallest absolute Gasteiger partial charge is 0.433 e. The summed E-state index contributed by atoms with van der Waals surface area (Å²) in [4.78, 5) is 30.0. The predicted molar refractivity (Wildman–Crippen MR) is 105 cm³/mol. The molecule has 0 spiro atoms. The number of esters is 2. The van der Waals surface area contributed by atoms with Crippen molar-refractivity contribution in [2.24, 2.45) is 0 Å². The van der Waals surface area contributed by atoms with Gasteiger partial charge in [-0.3, -0.25) is 0 Å². The molecule has 0 radical (unpaired) electrons. The third-order valence-corrected chi connectivity index (χ3v) is 4.21. The summed E-state index contributed by atoms with van der Waals surface area (Å²) in [6.07, 6.45) is -4.75. The van der Waals surface area contributed by atoms with E-state index in [1.165, 1.54) is 13.2 Å². The Hall–Kier alpha value is -3.89. The number of halogens is 3. The van der Waals surface area contributed by atoms with E-state index >= 15 is 0 Å². The van der Waals surface area contributed by atoms with E-state index in [4.69, 9.17) is 9.47 Å². The lowest BCUT2D eigenvalue weighted by atomic mass is 10.1. The van der Waals surface area contributed by atoms with E-state index in [1.54, 1.807) is 30.3 Å². The molecule has 3 aromatic rings. The van der Waals surface area contributed by atoms with Crippen LogP contribution < -0.4 is 9.47 Å². The highest BCUT2D eigenvalue weighted by Gasteiger charge is 2.34. The van der Waals surface area contributed by atoms with Gasteiger partial charge in [0.15, 0.2) is 24.7 Å². The van der Waals surface area contributed by atoms with Gasteiger partial charge in [0.1, 0.15) is 5.75 Å². The van der Waals surface area contributed by atoms with Crippen molar-refractivity contribution in [1.29, 1.82) is 0 Å². The van der Waals surface area contributed by atoms with Gasteiger partial charge < -0.3 is 18.9 Å². The highest BCUT2D eigenvalue weighted by atomic mass is 19.4. The van der Waals surface area contributed by atoms with Crippen LogP contribution in [-0.2, 0) is 25.2 Å². The van der Waals surface area contributed by atoms with Crippen molar-refractivity contribution < 1.29 is 41.7 Å². The van der Waals surface area contributed by atoms with Crippen LogP contribution in [-0.4, -0.2) is 49.3 Å². The largest absolute Gasteiger partial charge is 0.482 e. The fraction of sp³-hybridized carbons (Fsp3) is 0.238. The molecule has 3 rings (SSSR count). The molecule has 32 heavy (non-hydrogen) atoms. The molecule has 168 valence electrons. The Bertz CT molecular complexity index is 1150. The second-order valence-electron chi connectivity index (χ2n) is 6.37. The zero-order valence-electron chi connectivity index (χ0n) is 16.9. The molecular weight excluding hydrogens is 433 g/mol. The molecule has 0 amide bonds. The fourth-order valence-corrected chi connectivity index (χ4v) is 2.62. The summed E-state index contributed by atoms with van der Waals surface area (Å²) in [6, 6.07) is 10.3. The first-order chi connectivity index (χ1) is 15.2. The molecule has 11 heteroatoms. The van der Waals surface area contributed by atoms with Crippen LogP contribution in [0.25, 0.3) is 22.2 Å². The maximum Gasteiger partial charge on any atom is 0.433 e. The van der Waals surface area contributed by atoms with E-state index in [9.17, 15) is 22.8 Å². The van der Waals surface area contributed by atoms with Gasteiger partial charge in [0.25, 0.3) is 0 Å². The number of benzene rings is 2. The van der Waals surface area contributed by atoms with Crippen LogP contribution in [0.2, 0.25) is 0 Å². The van der Waals surface area contributed by atoms with E-state index in [-0.39, 0.29) is 12.4 Å². The summed E-state index contributed by atoms with van der Waals surface area (Å²) in [5.74, 6) is -1.53. The Morgan fingerprint density at radius 1 is 0.844 bits per heavy atom. The van der Waals surface area contributed by atoms with Crippen molar-refractivity contribution in [1.82, 2.24) is 9.97 Å². The average Bonchev–Trinajstić information content (AvgIpc) is 2.79. The summed E-state index contributed by atoms with van der Waals surface area (Å²) in [5, 5.41) is 1.39. The van der Waals surface area contributed by atoms with Gasteiger partial charge in [-0.15, -0.1) is 0 Å². The summed E-state index contributed by atoms with van der Waals surface area (Å²) < 4.78 is 59.2. The highest BCUT2D eigenvalue weighted by molar-refractivity contribution is 5.87. The first-order valence-corrected chi connectivity index (χ1v) is 9.09. The lowest BCUT2D eigenvalue weighted by Gasteiger charge is -2.12. The number of ether oxygens (including phenoxy) is 4. The Morgan fingerprint density at radius 2 is 1.47 bits per heavy atom. The van der Waals surface area contributed by atoms with Gasteiger partial charge in [-0.25, -0.2) is 14.6 Å². The minimum Gasteiger partial charge on any atom is -0.482 e. The number of nitrogens with zero attached hydrogens (tertiary/aromatic N) is 2. The molecule has 1 aromatic heterocycles. The topological polar surface area (TPSA) is 96.8 Å². The maximum absolute atomic E-state index is 13.3. The number of aromatic nitrogens is 2. The van der Waals surface area contributed by atoms with Crippen LogP contribution in [0.5, 0.6) is 11.6 Å². The lowest BCUT2D eigenvalue weighted by molar-refractivity contribution is -0.144. The van der Waals surface area contributed by atoms with E-state index in [2.05, 4.69) is 19.4 Å². The Kier molecular flexibility index (Phi) is 6.76. The average molecular weight is 450 g/mol. The van der Waals surface area contributed by atoms with Gasteiger partial charge in [0, 0.05) is 11.6 Å². The summed E-state index contributed by atoms with van der Waals surface area (Å²) in [6.45, 7) is -0.858. The van der Waals surface area contributed by atoms with E-state index in [1.807, 2.05) is 0 Å². The second kappa shape index (κ2) is 9.50. The van der Waals surface area contributed by atoms with Crippen molar-refractivity contribution in [3.63, 3.8) is 0 Å². The Balaban J connectivity index is 1.93. The number of hydrogen-bond donors (Lipinski definition) is 0. The molecule has 0 aliphatic heterocycles. The molecule has 0 unspecified atom stereocenters. The number of hydrogen-bond acceptors (Lipinski definition) is 8. The van der Waals surface area contributed by atoms with Gasteiger partial charge in [0.2, 0.25) is 5.88 Å². The summed E-state index contributed by atoms with van der Waals surface area (Å²) in [5.41, 5.74) is -0.913. The van der Waals surface area contributed by atoms with E-state index in [0.29, 0.717) is 28.2 Å². The van der Waals surface area contributed by atoms with Crippen LogP contribution >= 0.6 is 0 Å². The predicted octanol–water partition coefficient (Wildman–Crippen LogP) is 3.42. The quantitative estimate of drug-likeness (QED) is 0.506. The van der Waals surface area contributed by atoms with Crippen LogP contribution in [0, 0.1) is 0 Å². The molecule has 0 fully saturated rings. The zero-order chi connectivity index (χ0) is 23.3. The molecule has 1 heterocycles. The van der Waals surface area contributed by atoms with Crippen molar-refractivity contribution >= 4 is 22.7 Å². The van der Waals surface area contributed by atoms with Crippen molar-refractivity contribution in [2.45, 2.75) is 6.18 Å². The van der Waals surface area contributed by atoms with E-state index < -0.39 is 36.3 Å². The third-order valence-electron chi connectivity index (χ3n) is 4.21. The molecule has 0 aliphatic carbocycles. The minimum atomic E-state index is -4.75. The molecule has 0 atom stereocenters. The first-order valence-electron chi connectivity index (χ1n) is 9.09. The van der Waals surface area contributed by atoms with Crippen LogP contribution in [0.4, 0.5) is 13.2 Å². The zero-order valence-corrected chi connectivity index (χ0v) is 16.9. The Morgan fingerprint density at radius 3 is 2.12 bits per heavy atom. The number of fused-ring (bicyclic) bond motifs is 1. The summed E-state index contributed by atoms with van der Waals surface area (Å²) >= 11 is 0. The number of rotatable bonds is 7. The number of methoxy groups -OCH3 is 2. The van der Waals surface area contributed by atoms with Crippen molar-refractivity contribution in [3.8, 4) is 23.0 Å². The SMILES string of the molecule is COC(=O)COc1ccc2cc(-c3nc(OCC(=O)OC)cc(C(F)(F)F)n3)ccc2c1. The van der Waals surface area contributed by atoms with Gasteiger partial charge in [-0.1, -0.05) is 18.2 Å². The fourth-order valence-electron chi connectivity index (χ4n) is 2.62. The van der Waals surface area contributed by atoms with Crippen molar-refractivity contribution in [3.05, 3.63) is 48.2 Å². The number of carbonyl (C=O) groups excluding carboxylic acids is 2. The lowest BCUT2D eigenvalue weighted by Crippen LogP contribution is -2.15. The minimum absolute atomic E-state index is 0.229. The molecular formula is C21H17F3N2O6. The molecule has 0 aliphatic rings. The van der Waals surface area contributed by atoms with E-state index in [0.717, 1.165) is 7.11 Å². The van der Waals surface area contributed by atoms with Gasteiger partial charge in [0.05, 0.1) is 14.2 Å². The third kappa shape index (κ3) is 5.62. The second-order valence-corrected chi connectivity index (χ2v) is 6.37. The molecule has 0 saturated heterocycles. The molecule has 0 N–H and O–H groups in total. The molecule has 2 aromatic carbocycles. The highest BCUT2D eigenvalue weighted by Crippen LogP contribution is 2.32. The van der Waals surface area contributed by atoms with Crippen LogP contribution in [0.1, 0.15) is 5.69 Å². The maximum atomic E-state index is 13.3. The van der Waals surface area contributed by atoms with Crippen LogP contribution in [0.15, 0.2) is 42.5 Å². The van der Waals surface area contributed by atoms with Crippen molar-refractivity contribution in [2.75, 3.05) is 27.4 Å². The van der Waals surface area contributed by atoms with Gasteiger partial charge >= 0.3 is 18.1 Å². The molecule has 0 saturated carbocycles.